The molecule has 0 saturated carbocycles. The molecule has 3 unspecified atom stereocenters. The number of rotatable bonds is 6. The van der Waals surface area contributed by atoms with Crippen LogP contribution < -0.4 is 0 Å². The predicted octanol–water partition coefficient (Wildman–Crippen LogP) is 6.81. The maximum absolute atomic E-state index is 13.3. The quantitative estimate of drug-likeness (QED) is 0.387. The van der Waals surface area contributed by atoms with Crippen LogP contribution in [0.1, 0.15) is 67.3 Å². The van der Waals surface area contributed by atoms with Crippen LogP contribution in [0.25, 0.3) is 0 Å². The average Bonchev–Trinajstić information content (AvgIpc) is 2.86. The largest absolute Gasteiger partial charge is 0.416 e. The van der Waals surface area contributed by atoms with Gasteiger partial charge in [0, 0.05) is 19.5 Å². The van der Waals surface area contributed by atoms with Gasteiger partial charge in [-0.1, -0.05) is 30.3 Å². The van der Waals surface area contributed by atoms with Gasteiger partial charge in [0.2, 0.25) is 5.91 Å². The number of ether oxygens (including phenoxy) is 1. The van der Waals surface area contributed by atoms with E-state index in [9.17, 15) is 31.1 Å². The van der Waals surface area contributed by atoms with Crippen molar-refractivity contribution in [3.63, 3.8) is 0 Å². The third-order valence-corrected chi connectivity index (χ3v) is 7.16. The highest BCUT2D eigenvalue weighted by Gasteiger charge is 2.40. The first-order valence-corrected chi connectivity index (χ1v) is 12.5. The summed E-state index contributed by atoms with van der Waals surface area (Å²) >= 11 is 0. The second-order valence-electron chi connectivity index (χ2n) is 9.68. The summed E-state index contributed by atoms with van der Waals surface area (Å²) in [4.78, 5) is 16.6. The highest BCUT2D eigenvalue weighted by molar-refractivity contribution is 5.77. The summed E-state index contributed by atoms with van der Waals surface area (Å²) < 4.78 is 86.0. The van der Waals surface area contributed by atoms with Crippen molar-refractivity contribution in [1.29, 1.82) is 0 Å². The zero-order chi connectivity index (χ0) is 26.8. The number of benzene rings is 2. The molecule has 0 spiro atoms. The summed E-state index contributed by atoms with van der Waals surface area (Å²) in [6, 6.07) is 10.7. The third-order valence-electron chi connectivity index (χ3n) is 7.16. The van der Waals surface area contributed by atoms with E-state index in [4.69, 9.17) is 4.74 Å². The molecule has 0 aliphatic carbocycles. The van der Waals surface area contributed by atoms with Gasteiger partial charge in [0.25, 0.3) is 0 Å². The fourth-order valence-corrected chi connectivity index (χ4v) is 5.34. The summed E-state index contributed by atoms with van der Waals surface area (Å²) in [6.45, 7) is 2.90. The van der Waals surface area contributed by atoms with Crippen LogP contribution in [0.5, 0.6) is 0 Å². The van der Waals surface area contributed by atoms with E-state index in [-0.39, 0.29) is 29.7 Å². The first-order valence-electron chi connectivity index (χ1n) is 12.5. The van der Waals surface area contributed by atoms with E-state index < -0.39 is 36.2 Å². The van der Waals surface area contributed by atoms with Crippen molar-refractivity contribution in [2.75, 3.05) is 13.1 Å². The second kappa shape index (κ2) is 11.0. The number of hydrogen-bond acceptors (Lipinski definition) is 3. The van der Waals surface area contributed by atoms with Crippen LogP contribution in [0.2, 0.25) is 0 Å². The summed E-state index contributed by atoms with van der Waals surface area (Å²) in [5.74, 6) is 0.0808. The molecular formula is C27H30F6N2O2. The normalized spacial score (nSPS) is 22.8. The van der Waals surface area contributed by atoms with Gasteiger partial charge >= 0.3 is 12.4 Å². The van der Waals surface area contributed by atoms with Crippen LogP contribution in [0, 0.1) is 0 Å². The van der Waals surface area contributed by atoms with Crippen LogP contribution in [0.15, 0.2) is 48.5 Å². The molecule has 1 amide bonds. The Balaban J connectivity index is 1.61. The maximum atomic E-state index is 13.3. The zero-order valence-electron chi connectivity index (χ0n) is 20.5. The van der Waals surface area contributed by atoms with E-state index in [2.05, 4.69) is 4.90 Å². The standard InChI is InChI=1S/C27H30F6N2O2/c1-18(34-12-6-5-11-24(34)36)35-13-7-10-23(25(35)20-8-3-2-4-9-20)37-17-19-14-21(26(28,29)30)16-22(15-19)27(31,32)33/h2-4,8-9,14-16,18,23,25H,5-7,10-13,17H2,1H3. The summed E-state index contributed by atoms with van der Waals surface area (Å²) in [7, 11) is 0. The minimum absolute atomic E-state index is 0.0808. The number of carbonyl (C=O) groups excluding carboxylic acids is 1. The molecule has 0 bridgehead atoms. The van der Waals surface area contributed by atoms with Crippen molar-refractivity contribution < 1.29 is 35.9 Å². The molecular weight excluding hydrogens is 498 g/mol. The van der Waals surface area contributed by atoms with Crippen LogP contribution in [0.4, 0.5) is 26.3 Å². The minimum atomic E-state index is -4.92. The maximum Gasteiger partial charge on any atom is 0.416 e. The van der Waals surface area contributed by atoms with Gasteiger partial charge in [-0.05, 0) is 61.9 Å². The molecule has 0 aromatic heterocycles. The second-order valence-corrected chi connectivity index (χ2v) is 9.68. The van der Waals surface area contributed by atoms with E-state index in [1.54, 1.807) is 0 Å². The van der Waals surface area contributed by atoms with Crippen LogP contribution >= 0.6 is 0 Å². The number of alkyl halides is 6. The van der Waals surface area contributed by atoms with Gasteiger partial charge < -0.3 is 9.64 Å². The van der Waals surface area contributed by atoms with Gasteiger partial charge in [-0.15, -0.1) is 0 Å². The number of carbonyl (C=O) groups is 1. The molecule has 10 heteroatoms. The molecule has 202 valence electrons. The molecule has 0 radical (unpaired) electrons. The van der Waals surface area contributed by atoms with Crippen molar-refractivity contribution >= 4 is 5.91 Å². The van der Waals surface area contributed by atoms with Gasteiger partial charge in [0.1, 0.15) is 0 Å². The Bertz CT molecular complexity index is 1040. The Morgan fingerprint density at radius 3 is 2.16 bits per heavy atom. The third kappa shape index (κ3) is 6.46. The van der Waals surface area contributed by atoms with E-state index in [1.807, 2.05) is 42.2 Å². The summed E-state index contributed by atoms with van der Waals surface area (Å²) in [5.41, 5.74) is -1.99. The lowest BCUT2D eigenvalue weighted by molar-refractivity contribution is -0.147. The Kier molecular flexibility index (Phi) is 8.18. The molecule has 2 saturated heterocycles. The number of hydrogen-bond donors (Lipinski definition) is 0. The summed E-state index contributed by atoms with van der Waals surface area (Å²) in [6.07, 6.45) is -6.98. The Morgan fingerprint density at radius 2 is 1.57 bits per heavy atom. The molecule has 4 rings (SSSR count). The van der Waals surface area contributed by atoms with E-state index in [1.165, 1.54) is 0 Å². The van der Waals surface area contributed by atoms with Gasteiger partial charge in [0.15, 0.2) is 0 Å². The lowest BCUT2D eigenvalue weighted by atomic mass is 9.91. The molecule has 2 aliphatic rings. The van der Waals surface area contributed by atoms with Crippen molar-refractivity contribution in [3.05, 3.63) is 70.8 Å². The first-order chi connectivity index (χ1) is 17.4. The summed E-state index contributed by atoms with van der Waals surface area (Å²) in [5, 5.41) is 0. The monoisotopic (exact) mass is 528 g/mol. The Morgan fingerprint density at radius 1 is 0.919 bits per heavy atom. The lowest BCUT2D eigenvalue weighted by Gasteiger charge is -2.48. The SMILES string of the molecule is CC(N1CCCCC1=O)N1CCCC(OCc2cc(C(F)(F)F)cc(C(F)(F)F)c2)C1c1ccccc1. The minimum Gasteiger partial charge on any atom is -0.372 e. The number of halogens is 6. The van der Waals surface area contributed by atoms with Crippen molar-refractivity contribution in [2.45, 2.75) is 76.3 Å². The van der Waals surface area contributed by atoms with E-state index >= 15 is 0 Å². The van der Waals surface area contributed by atoms with Gasteiger partial charge in [0.05, 0.1) is 36.0 Å². The molecule has 0 N–H and O–H groups in total. The van der Waals surface area contributed by atoms with E-state index in [0.29, 0.717) is 38.1 Å². The highest BCUT2D eigenvalue weighted by atomic mass is 19.4. The van der Waals surface area contributed by atoms with Crippen molar-refractivity contribution in [3.8, 4) is 0 Å². The average molecular weight is 529 g/mol. The van der Waals surface area contributed by atoms with Crippen LogP contribution in [0.3, 0.4) is 0 Å². The molecule has 4 nitrogen and oxygen atoms in total. The fourth-order valence-electron chi connectivity index (χ4n) is 5.34. The van der Waals surface area contributed by atoms with Crippen LogP contribution in [-0.4, -0.2) is 41.1 Å². The molecule has 2 fully saturated rings. The van der Waals surface area contributed by atoms with Gasteiger partial charge in [-0.25, -0.2) is 0 Å². The van der Waals surface area contributed by atoms with Crippen LogP contribution in [-0.2, 0) is 28.5 Å². The number of piperidine rings is 2. The number of nitrogens with zero attached hydrogens (tertiary/aromatic N) is 2. The molecule has 2 aliphatic heterocycles. The molecule has 3 atom stereocenters. The first kappa shape index (κ1) is 27.4. The molecule has 2 aromatic carbocycles. The molecule has 2 aromatic rings. The lowest BCUT2D eigenvalue weighted by Crippen LogP contribution is -2.56. The van der Waals surface area contributed by atoms with Crippen molar-refractivity contribution in [1.82, 2.24) is 9.80 Å². The van der Waals surface area contributed by atoms with Crippen molar-refractivity contribution in [2.24, 2.45) is 0 Å². The Labute approximate surface area is 212 Å². The van der Waals surface area contributed by atoms with E-state index in [0.717, 1.165) is 24.8 Å². The predicted molar refractivity (Wildman–Crippen MR) is 125 cm³/mol. The van der Waals surface area contributed by atoms with Gasteiger partial charge in [-0.2, -0.15) is 26.3 Å². The zero-order valence-corrected chi connectivity index (χ0v) is 20.5. The van der Waals surface area contributed by atoms with Gasteiger partial charge in [-0.3, -0.25) is 9.69 Å². The Hall–Kier alpha value is -2.59. The highest BCUT2D eigenvalue weighted by Crippen LogP contribution is 2.39. The molecule has 2 heterocycles. The topological polar surface area (TPSA) is 32.8 Å². The fraction of sp³-hybridized carbons (Fsp3) is 0.519. The smallest absolute Gasteiger partial charge is 0.372 e. The number of likely N-dealkylation sites (tertiary alicyclic amines) is 2. The number of amides is 1. The molecule has 37 heavy (non-hydrogen) atoms.